The van der Waals surface area contributed by atoms with Crippen LogP contribution in [0.15, 0.2) is 35.0 Å². The molecule has 0 radical (unpaired) electrons. The summed E-state index contributed by atoms with van der Waals surface area (Å²) >= 11 is 0. The number of furan rings is 1. The van der Waals surface area contributed by atoms with E-state index in [-0.39, 0.29) is 29.4 Å². The highest BCUT2D eigenvalue weighted by Gasteiger charge is 2.46. The van der Waals surface area contributed by atoms with Crippen LogP contribution in [-0.4, -0.2) is 25.8 Å². The van der Waals surface area contributed by atoms with Crippen LogP contribution in [0, 0.1) is 0 Å². The summed E-state index contributed by atoms with van der Waals surface area (Å²) in [6.45, 7) is 2.13. The Hall–Kier alpha value is -3.10. The molecule has 3 heterocycles. The molecule has 0 aromatic carbocycles. The topological polar surface area (TPSA) is 81.1 Å². The summed E-state index contributed by atoms with van der Waals surface area (Å²) in [6, 6.07) is 5.36. The van der Waals surface area contributed by atoms with Gasteiger partial charge < -0.3 is 9.52 Å². The number of hydrogen-bond acceptors (Lipinski definition) is 4. The van der Waals surface area contributed by atoms with Crippen molar-refractivity contribution in [1.82, 2.24) is 14.8 Å². The van der Waals surface area contributed by atoms with Gasteiger partial charge in [-0.1, -0.05) is 13.0 Å². The Kier molecular flexibility index (Phi) is 3.83. The number of aromatic carboxylic acids is 1. The molecule has 3 aromatic heterocycles. The third-order valence-corrected chi connectivity index (χ3v) is 4.56. The monoisotopic (exact) mass is 377 g/mol. The molecule has 27 heavy (non-hydrogen) atoms. The average Bonchev–Trinajstić information content (AvgIpc) is 3.17. The highest BCUT2D eigenvalue weighted by Crippen LogP contribution is 2.48. The van der Waals surface area contributed by atoms with E-state index in [9.17, 15) is 18.0 Å². The lowest BCUT2D eigenvalue weighted by atomic mass is 9.86. The molecule has 4 rings (SSSR count). The maximum Gasteiger partial charge on any atom is 0.421 e. The maximum atomic E-state index is 13.6. The van der Waals surface area contributed by atoms with Crippen molar-refractivity contribution in [2.75, 3.05) is 0 Å². The molecule has 1 aliphatic rings. The van der Waals surface area contributed by atoms with Gasteiger partial charge >= 0.3 is 12.1 Å². The first-order valence-corrected chi connectivity index (χ1v) is 8.19. The molecule has 0 bridgehead atoms. The van der Waals surface area contributed by atoms with Gasteiger partial charge in [0.05, 0.1) is 23.5 Å². The number of carboxylic acid groups (broad SMARTS) is 1. The first-order valence-electron chi connectivity index (χ1n) is 8.19. The van der Waals surface area contributed by atoms with E-state index >= 15 is 0 Å². The third kappa shape index (κ3) is 2.88. The Labute approximate surface area is 151 Å². The number of alkyl halides is 3. The van der Waals surface area contributed by atoms with E-state index in [1.807, 2.05) is 13.0 Å². The summed E-state index contributed by atoms with van der Waals surface area (Å²) in [6.07, 6.45) is -1.39. The number of halogens is 3. The minimum Gasteiger partial charge on any atom is -0.475 e. The lowest BCUT2D eigenvalue weighted by molar-refractivity contribution is -0.138. The normalized spacial score (nSPS) is 16.1. The second-order valence-corrected chi connectivity index (χ2v) is 6.46. The SMILES string of the molecule is CC1Cc2oc(C(=O)O)c(C(F)(F)F)c2-c2nn(Cc3ccccn3)cc21. The first kappa shape index (κ1) is 17.3. The number of nitrogens with zero attached hydrogens (tertiary/aromatic N) is 3. The fourth-order valence-corrected chi connectivity index (χ4v) is 3.41. The van der Waals surface area contributed by atoms with Gasteiger partial charge in [0.15, 0.2) is 0 Å². The zero-order valence-corrected chi connectivity index (χ0v) is 14.1. The minimum absolute atomic E-state index is 0.00260. The summed E-state index contributed by atoms with van der Waals surface area (Å²) in [5, 5.41) is 13.5. The van der Waals surface area contributed by atoms with E-state index in [2.05, 4.69) is 10.1 Å². The zero-order valence-electron chi connectivity index (χ0n) is 14.1. The molecule has 3 aromatic rings. The highest BCUT2D eigenvalue weighted by atomic mass is 19.4. The first-order chi connectivity index (χ1) is 12.8. The second kappa shape index (κ2) is 5.97. The number of fused-ring (bicyclic) bond motifs is 3. The minimum atomic E-state index is -4.87. The van der Waals surface area contributed by atoms with Gasteiger partial charge in [-0.05, 0) is 18.1 Å². The Morgan fingerprint density at radius 1 is 1.41 bits per heavy atom. The predicted molar refractivity (Wildman–Crippen MR) is 87.3 cm³/mol. The molecule has 0 saturated carbocycles. The van der Waals surface area contributed by atoms with Crippen LogP contribution in [0.4, 0.5) is 13.2 Å². The van der Waals surface area contributed by atoms with E-state index in [0.717, 1.165) is 0 Å². The molecular weight excluding hydrogens is 363 g/mol. The average molecular weight is 377 g/mol. The molecule has 9 heteroatoms. The maximum absolute atomic E-state index is 13.6. The molecule has 0 aliphatic heterocycles. The van der Waals surface area contributed by atoms with Crippen molar-refractivity contribution in [2.45, 2.75) is 32.0 Å². The molecule has 0 spiro atoms. The van der Waals surface area contributed by atoms with Crippen molar-refractivity contribution in [3.63, 3.8) is 0 Å². The fourth-order valence-electron chi connectivity index (χ4n) is 3.41. The summed E-state index contributed by atoms with van der Waals surface area (Å²) in [4.78, 5) is 15.5. The molecule has 0 fully saturated rings. The van der Waals surface area contributed by atoms with Gasteiger partial charge in [0, 0.05) is 24.4 Å². The summed E-state index contributed by atoms with van der Waals surface area (Å²) in [5.41, 5.74) is -0.0985. The number of pyridine rings is 1. The van der Waals surface area contributed by atoms with Gasteiger partial charge in [-0.25, -0.2) is 4.79 Å². The number of carboxylic acids is 1. The molecule has 1 N–H and O–H groups in total. The van der Waals surface area contributed by atoms with Crippen molar-refractivity contribution in [2.24, 2.45) is 0 Å². The standard InChI is InChI=1S/C18H14F3N3O3/c1-9-6-12-13(14(18(19,20)21)16(27-12)17(25)26)15-11(9)8-24(23-15)7-10-4-2-3-5-22-10/h2-5,8-9H,6-7H2,1H3,(H,25,26). The van der Waals surface area contributed by atoms with E-state index < -0.39 is 23.5 Å². The van der Waals surface area contributed by atoms with Crippen LogP contribution in [0.5, 0.6) is 0 Å². The number of rotatable bonds is 3. The smallest absolute Gasteiger partial charge is 0.421 e. The van der Waals surface area contributed by atoms with Crippen LogP contribution < -0.4 is 0 Å². The fraction of sp³-hybridized carbons (Fsp3) is 0.278. The molecule has 0 amide bonds. The summed E-state index contributed by atoms with van der Waals surface area (Å²) in [7, 11) is 0. The molecule has 1 unspecified atom stereocenters. The largest absolute Gasteiger partial charge is 0.475 e. The van der Waals surface area contributed by atoms with Gasteiger partial charge in [-0.2, -0.15) is 18.3 Å². The van der Waals surface area contributed by atoms with E-state index in [0.29, 0.717) is 17.8 Å². The second-order valence-electron chi connectivity index (χ2n) is 6.46. The van der Waals surface area contributed by atoms with Gasteiger partial charge in [-0.15, -0.1) is 0 Å². The van der Waals surface area contributed by atoms with Crippen LogP contribution in [0.25, 0.3) is 11.3 Å². The van der Waals surface area contributed by atoms with Gasteiger partial charge in [0.1, 0.15) is 11.3 Å². The summed E-state index contributed by atoms with van der Waals surface area (Å²) < 4.78 is 47.4. The summed E-state index contributed by atoms with van der Waals surface area (Å²) in [5.74, 6) is -2.99. The highest BCUT2D eigenvalue weighted by molar-refractivity contribution is 5.91. The van der Waals surface area contributed by atoms with Crippen molar-refractivity contribution in [3.05, 3.63) is 58.9 Å². The van der Waals surface area contributed by atoms with Crippen molar-refractivity contribution < 1.29 is 27.5 Å². The molecular formula is C18H14F3N3O3. The van der Waals surface area contributed by atoms with E-state index in [1.165, 1.54) is 4.68 Å². The van der Waals surface area contributed by atoms with Crippen molar-refractivity contribution in [1.29, 1.82) is 0 Å². The molecule has 140 valence electrons. The molecule has 0 saturated heterocycles. The van der Waals surface area contributed by atoms with Crippen molar-refractivity contribution >= 4 is 5.97 Å². The van der Waals surface area contributed by atoms with E-state index in [1.54, 1.807) is 24.5 Å². The van der Waals surface area contributed by atoms with Crippen LogP contribution in [0.2, 0.25) is 0 Å². The Balaban J connectivity index is 1.87. The lowest BCUT2D eigenvalue weighted by Gasteiger charge is -2.17. The third-order valence-electron chi connectivity index (χ3n) is 4.56. The number of aromatic nitrogens is 3. The van der Waals surface area contributed by atoms with Crippen LogP contribution in [-0.2, 0) is 19.1 Å². The van der Waals surface area contributed by atoms with Crippen LogP contribution in [0.3, 0.4) is 0 Å². The van der Waals surface area contributed by atoms with Crippen LogP contribution >= 0.6 is 0 Å². The molecule has 1 aliphatic carbocycles. The number of carbonyl (C=O) groups is 1. The van der Waals surface area contributed by atoms with Crippen LogP contribution in [0.1, 0.15) is 46.0 Å². The predicted octanol–water partition coefficient (Wildman–Crippen LogP) is 3.96. The quantitative estimate of drug-likeness (QED) is 0.747. The van der Waals surface area contributed by atoms with Gasteiger partial charge in [0.2, 0.25) is 5.76 Å². The van der Waals surface area contributed by atoms with E-state index in [4.69, 9.17) is 9.52 Å². The van der Waals surface area contributed by atoms with Gasteiger partial charge in [0.25, 0.3) is 0 Å². The Morgan fingerprint density at radius 2 is 2.19 bits per heavy atom. The lowest BCUT2D eigenvalue weighted by Crippen LogP contribution is -2.13. The van der Waals surface area contributed by atoms with Crippen molar-refractivity contribution in [3.8, 4) is 11.3 Å². The Morgan fingerprint density at radius 3 is 2.81 bits per heavy atom. The zero-order chi connectivity index (χ0) is 19.3. The Bertz CT molecular complexity index is 1020. The number of hydrogen-bond donors (Lipinski definition) is 1. The molecule has 6 nitrogen and oxygen atoms in total. The molecule has 1 atom stereocenters. The van der Waals surface area contributed by atoms with Gasteiger partial charge in [-0.3, -0.25) is 9.67 Å².